The summed E-state index contributed by atoms with van der Waals surface area (Å²) in [4.78, 5) is 14.1. The molecule has 0 aromatic carbocycles. The molecule has 0 spiro atoms. The van der Waals surface area contributed by atoms with Gasteiger partial charge in [0.15, 0.2) is 0 Å². The number of carbonyl (C=O) groups is 1. The standard InChI is InChI=1S/C17H34N2O2/c1-6-7-8-9-14(2)18-12-13-19(15-10-11-15)16(20)21-17(3,4)5/h14-15,18H,6-13H2,1-5H3. The maximum atomic E-state index is 12.2. The van der Waals surface area contributed by atoms with Gasteiger partial charge in [0, 0.05) is 25.2 Å². The Morgan fingerprint density at radius 2 is 2.00 bits per heavy atom. The first-order valence-electron chi connectivity index (χ1n) is 8.56. The normalized spacial score (nSPS) is 16.6. The van der Waals surface area contributed by atoms with Crippen LogP contribution in [-0.4, -0.2) is 41.8 Å². The molecule has 4 nitrogen and oxygen atoms in total. The van der Waals surface area contributed by atoms with Crippen LogP contribution in [0.2, 0.25) is 0 Å². The van der Waals surface area contributed by atoms with E-state index in [2.05, 4.69) is 19.2 Å². The van der Waals surface area contributed by atoms with Crippen LogP contribution in [0.5, 0.6) is 0 Å². The lowest BCUT2D eigenvalue weighted by Gasteiger charge is -2.28. The van der Waals surface area contributed by atoms with E-state index < -0.39 is 5.60 Å². The summed E-state index contributed by atoms with van der Waals surface area (Å²) in [5.41, 5.74) is -0.412. The second-order valence-corrected chi connectivity index (χ2v) is 7.26. The van der Waals surface area contributed by atoms with E-state index >= 15 is 0 Å². The van der Waals surface area contributed by atoms with Crippen molar-refractivity contribution < 1.29 is 9.53 Å². The minimum absolute atomic E-state index is 0.162. The smallest absolute Gasteiger partial charge is 0.410 e. The number of amides is 1. The van der Waals surface area contributed by atoms with Gasteiger partial charge >= 0.3 is 6.09 Å². The van der Waals surface area contributed by atoms with Crippen molar-refractivity contribution in [2.75, 3.05) is 13.1 Å². The zero-order valence-corrected chi connectivity index (χ0v) is 14.6. The fraction of sp³-hybridized carbons (Fsp3) is 0.941. The quantitative estimate of drug-likeness (QED) is 0.655. The minimum Gasteiger partial charge on any atom is -0.444 e. The monoisotopic (exact) mass is 298 g/mol. The summed E-state index contributed by atoms with van der Waals surface area (Å²) >= 11 is 0. The van der Waals surface area contributed by atoms with E-state index in [1.807, 2.05) is 25.7 Å². The predicted octanol–water partition coefficient (Wildman–Crippen LogP) is 3.94. The maximum absolute atomic E-state index is 12.2. The molecule has 124 valence electrons. The van der Waals surface area contributed by atoms with Gasteiger partial charge in [0.1, 0.15) is 5.60 Å². The molecule has 4 heteroatoms. The van der Waals surface area contributed by atoms with Crippen LogP contribution in [0.15, 0.2) is 0 Å². The van der Waals surface area contributed by atoms with E-state index in [9.17, 15) is 4.79 Å². The molecule has 1 N–H and O–H groups in total. The van der Waals surface area contributed by atoms with Gasteiger partial charge in [-0.2, -0.15) is 0 Å². The van der Waals surface area contributed by atoms with E-state index in [0.717, 1.165) is 25.9 Å². The van der Waals surface area contributed by atoms with Crippen molar-refractivity contribution in [1.82, 2.24) is 10.2 Å². The second-order valence-electron chi connectivity index (χ2n) is 7.26. The third-order valence-corrected chi connectivity index (χ3v) is 3.70. The summed E-state index contributed by atoms with van der Waals surface area (Å²) in [6.07, 6.45) is 7.13. The number of nitrogens with one attached hydrogen (secondary N) is 1. The van der Waals surface area contributed by atoms with Crippen LogP contribution >= 0.6 is 0 Å². The summed E-state index contributed by atoms with van der Waals surface area (Å²) in [6, 6.07) is 0.924. The van der Waals surface area contributed by atoms with E-state index in [4.69, 9.17) is 4.74 Å². The molecule has 21 heavy (non-hydrogen) atoms. The van der Waals surface area contributed by atoms with Gasteiger partial charge in [0.25, 0.3) is 0 Å². The van der Waals surface area contributed by atoms with Crippen LogP contribution in [0.3, 0.4) is 0 Å². The van der Waals surface area contributed by atoms with Gasteiger partial charge in [-0.25, -0.2) is 4.79 Å². The minimum atomic E-state index is -0.412. The zero-order chi connectivity index (χ0) is 15.9. The average molecular weight is 298 g/mol. The molecule has 1 atom stereocenters. The number of carbonyl (C=O) groups excluding carboxylic acids is 1. The first-order chi connectivity index (χ1) is 9.83. The van der Waals surface area contributed by atoms with Crippen LogP contribution in [0.25, 0.3) is 0 Å². The van der Waals surface area contributed by atoms with Gasteiger partial charge < -0.3 is 15.0 Å². The van der Waals surface area contributed by atoms with Gasteiger partial charge in [0.2, 0.25) is 0 Å². The number of nitrogens with zero attached hydrogens (tertiary/aromatic N) is 1. The van der Waals surface area contributed by atoms with E-state index in [1.54, 1.807) is 0 Å². The third kappa shape index (κ3) is 8.30. The van der Waals surface area contributed by atoms with Crippen molar-refractivity contribution in [3.63, 3.8) is 0 Å². The highest BCUT2D eigenvalue weighted by molar-refractivity contribution is 5.69. The first-order valence-corrected chi connectivity index (χ1v) is 8.56. The molecule has 1 aliphatic carbocycles. The van der Waals surface area contributed by atoms with Crippen LogP contribution < -0.4 is 5.32 Å². The molecule has 1 rings (SSSR count). The van der Waals surface area contributed by atoms with Crippen molar-refractivity contribution >= 4 is 6.09 Å². The molecule has 1 fully saturated rings. The second kappa shape index (κ2) is 8.62. The van der Waals surface area contributed by atoms with Gasteiger partial charge in [-0.3, -0.25) is 0 Å². The van der Waals surface area contributed by atoms with Crippen LogP contribution in [-0.2, 0) is 4.74 Å². The molecular formula is C17H34N2O2. The van der Waals surface area contributed by atoms with E-state index in [-0.39, 0.29) is 6.09 Å². The summed E-state index contributed by atoms with van der Waals surface area (Å²) in [7, 11) is 0. The van der Waals surface area contributed by atoms with Crippen LogP contribution in [0.4, 0.5) is 4.79 Å². The summed E-state index contributed by atoms with van der Waals surface area (Å²) < 4.78 is 5.50. The fourth-order valence-corrected chi connectivity index (χ4v) is 2.36. The molecule has 1 aliphatic rings. The van der Waals surface area contributed by atoms with E-state index in [1.165, 1.54) is 25.7 Å². The van der Waals surface area contributed by atoms with E-state index in [0.29, 0.717) is 12.1 Å². The Bertz CT molecular complexity index is 308. The number of unbranched alkanes of at least 4 members (excludes halogenated alkanes) is 2. The highest BCUT2D eigenvalue weighted by atomic mass is 16.6. The number of rotatable bonds is 9. The SMILES string of the molecule is CCCCCC(C)NCCN(C(=O)OC(C)(C)C)C1CC1. The Kier molecular flexibility index (Phi) is 7.50. The van der Waals surface area contributed by atoms with Gasteiger partial charge in [-0.1, -0.05) is 26.2 Å². The van der Waals surface area contributed by atoms with Crippen molar-refractivity contribution in [1.29, 1.82) is 0 Å². The molecule has 0 bridgehead atoms. The van der Waals surface area contributed by atoms with Crippen LogP contribution in [0.1, 0.15) is 73.1 Å². The Balaban J connectivity index is 2.27. The molecule has 0 aromatic heterocycles. The Morgan fingerprint density at radius 3 is 2.52 bits per heavy atom. The molecule has 0 aromatic rings. The lowest BCUT2D eigenvalue weighted by atomic mass is 10.1. The molecule has 0 saturated heterocycles. The summed E-state index contributed by atoms with van der Waals surface area (Å²) in [5, 5.41) is 3.52. The lowest BCUT2D eigenvalue weighted by molar-refractivity contribution is 0.0234. The average Bonchev–Trinajstić information content (AvgIpc) is 3.17. The zero-order valence-electron chi connectivity index (χ0n) is 14.6. The summed E-state index contributed by atoms with van der Waals surface area (Å²) in [6.45, 7) is 11.8. The number of hydrogen-bond acceptors (Lipinski definition) is 3. The molecule has 1 amide bonds. The fourth-order valence-electron chi connectivity index (χ4n) is 2.36. The topological polar surface area (TPSA) is 41.6 Å². The van der Waals surface area contributed by atoms with Crippen molar-refractivity contribution in [2.45, 2.75) is 90.8 Å². The van der Waals surface area contributed by atoms with Gasteiger partial charge in [-0.05, 0) is 47.0 Å². The molecular weight excluding hydrogens is 264 g/mol. The highest BCUT2D eigenvalue weighted by Crippen LogP contribution is 2.28. The largest absolute Gasteiger partial charge is 0.444 e. The van der Waals surface area contributed by atoms with Crippen LogP contribution in [0, 0.1) is 0 Å². The molecule has 1 saturated carbocycles. The first kappa shape index (κ1) is 18.3. The number of hydrogen-bond donors (Lipinski definition) is 1. The molecule has 0 heterocycles. The predicted molar refractivity (Wildman–Crippen MR) is 87.6 cm³/mol. The number of ether oxygens (including phenoxy) is 1. The Hall–Kier alpha value is -0.770. The highest BCUT2D eigenvalue weighted by Gasteiger charge is 2.34. The third-order valence-electron chi connectivity index (χ3n) is 3.70. The lowest BCUT2D eigenvalue weighted by Crippen LogP contribution is -2.43. The van der Waals surface area contributed by atoms with Gasteiger partial charge in [-0.15, -0.1) is 0 Å². The summed E-state index contributed by atoms with van der Waals surface area (Å²) in [5.74, 6) is 0. The Morgan fingerprint density at radius 1 is 1.33 bits per heavy atom. The Labute approximate surface area is 130 Å². The molecule has 1 unspecified atom stereocenters. The molecule has 0 radical (unpaired) electrons. The van der Waals surface area contributed by atoms with Crippen molar-refractivity contribution in [2.24, 2.45) is 0 Å². The van der Waals surface area contributed by atoms with Gasteiger partial charge in [0.05, 0.1) is 0 Å². The van der Waals surface area contributed by atoms with Crippen molar-refractivity contribution in [3.05, 3.63) is 0 Å². The maximum Gasteiger partial charge on any atom is 0.410 e. The molecule has 0 aliphatic heterocycles. The van der Waals surface area contributed by atoms with Crippen molar-refractivity contribution in [3.8, 4) is 0 Å².